The van der Waals surface area contributed by atoms with E-state index in [1.807, 2.05) is 19.9 Å². The van der Waals surface area contributed by atoms with E-state index in [1.54, 1.807) is 41.5 Å². The van der Waals surface area contributed by atoms with Crippen LogP contribution in [0.1, 0.15) is 49.7 Å². The van der Waals surface area contributed by atoms with Crippen molar-refractivity contribution >= 4 is 16.9 Å². The average Bonchev–Trinajstić information content (AvgIpc) is 3.23. The molecule has 0 N–H and O–H groups in total. The van der Waals surface area contributed by atoms with Crippen LogP contribution in [0.3, 0.4) is 0 Å². The number of halogens is 2. The minimum absolute atomic E-state index is 0.0466. The van der Waals surface area contributed by atoms with Crippen molar-refractivity contribution in [3.63, 3.8) is 0 Å². The summed E-state index contributed by atoms with van der Waals surface area (Å²) < 4.78 is 31.8. The molecule has 0 unspecified atom stereocenters. The smallest absolute Gasteiger partial charge is 0.264 e. The zero-order chi connectivity index (χ0) is 22.2. The Labute approximate surface area is 172 Å². The number of hydrogen-bond donors (Lipinski definition) is 0. The van der Waals surface area contributed by atoms with E-state index in [0.717, 1.165) is 11.8 Å². The number of carbonyl (C=O) groups is 1. The van der Waals surface area contributed by atoms with E-state index in [4.69, 9.17) is 0 Å². The maximum Gasteiger partial charge on any atom is 0.264 e. The van der Waals surface area contributed by atoms with Crippen LogP contribution in [0.4, 0.5) is 8.78 Å². The highest BCUT2D eigenvalue weighted by molar-refractivity contribution is 5.83. The molecule has 30 heavy (non-hydrogen) atoms. The van der Waals surface area contributed by atoms with Gasteiger partial charge in [-0.3, -0.25) is 23.5 Å². The van der Waals surface area contributed by atoms with Gasteiger partial charge in [-0.25, -0.2) is 8.78 Å². The highest BCUT2D eigenvalue weighted by atomic mass is 19.3. The molecule has 3 rings (SSSR count). The molecule has 8 nitrogen and oxygen atoms in total. The van der Waals surface area contributed by atoms with Crippen molar-refractivity contribution in [1.82, 2.24) is 29.0 Å². The predicted octanol–water partition coefficient (Wildman–Crippen LogP) is 2.81. The quantitative estimate of drug-likeness (QED) is 0.589. The molecule has 0 radical (unpaired) electrons. The first-order valence-electron chi connectivity index (χ1n) is 9.73. The van der Waals surface area contributed by atoms with Gasteiger partial charge >= 0.3 is 0 Å². The molecule has 10 heteroatoms. The van der Waals surface area contributed by atoms with Crippen molar-refractivity contribution in [1.29, 1.82) is 0 Å². The first-order chi connectivity index (χ1) is 14.1. The number of alkyl halides is 2. The van der Waals surface area contributed by atoms with Gasteiger partial charge in [-0.15, -0.1) is 0 Å². The highest BCUT2D eigenvalue weighted by Gasteiger charge is 2.23. The first-order valence-corrected chi connectivity index (χ1v) is 9.73. The molecule has 0 aliphatic carbocycles. The van der Waals surface area contributed by atoms with E-state index in [-0.39, 0.29) is 41.5 Å². The monoisotopic (exact) mass is 420 g/mol. The van der Waals surface area contributed by atoms with Crippen molar-refractivity contribution < 1.29 is 13.6 Å². The summed E-state index contributed by atoms with van der Waals surface area (Å²) in [4.78, 5) is 26.7. The highest BCUT2D eigenvalue weighted by Crippen LogP contribution is 2.30. The third-order valence-corrected chi connectivity index (χ3v) is 5.24. The van der Waals surface area contributed by atoms with Crippen LogP contribution in [-0.4, -0.2) is 42.0 Å². The standard InChI is InChI=1S/C20H26F2N6O2/c1-12(2)28-13(3)18-15(19(21)22)10-17(30)27(20(18)24-28)9-7-16(29)25(4)11-14-6-8-23-26(14)5/h6,8,10,12,19H,7,9,11H2,1-5H3. The van der Waals surface area contributed by atoms with Crippen LogP contribution in [0, 0.1) is 6.92 Å². The fraction of sp³-hybridized carbons (Fsp3) is 0.500. The Morgan fingerprint density at radius 1 is 1.30 bits per heavy atom. The van der Waals surface area contributed by atoms with Gasteiger partial charge in [0, 0.05) is 62.0 Å². The van der Waals surface area contributed by atoms with Crippen LogP contribution in [0.15, 0.2) is 23.1 Å². The molecule has 0 fully saturated rings. The molecular weight excluding hydrogens is 394 g/mol. The third kappa shape index (κ3) is 3.99. The number of aromatic nitrogens is 5. The van der Waals surface area contributed by atoms with E-state index < -0.39 is 12.0 Å². The van der Waals surface area contributed by atoms with E-state index in [1.165, 1.54) is 4.57 Å². The summed E-state index contributed by atoms with van der Waals surface area (Å²) >= 11 is 0. The van der Waals surface area contributed by atoms with Crippen molar-refractivity contribution in [3.05, 3.63) is 45.6 Å². The summed E-state index contributed by atoms with van der Waals surface area (Å²) in [7, 11) is 3.47. The molecule has 3 aromatic rings. The van der Waals surface area contributed by atoms with Crippen LogP contribution in [0.25, 0.3) is 11.0 Å². The zero-order valence-electron chi connectivity index (χ0n) is 17.8. The molecule has 0 bridgehead atoms. The lowest BCUT2D eigenvalue weighted by atomic mass is 10.1. The van der Waals surface area contributed by atoms with Crippen molar-refractivity contribution in [2.24, 2.45) is 7.05 Å². The van der Waals surface area contributed by atoms with Gasteiger partial charge in [-0.1, -0.05) is 0 Å². The van der Waals surface area contributed by atoms with Gasteiger partial charge in [0.1, 0.15) is 0 Å². The van der Waals surface area contributed by atoms with E-state index >= 15 is 0 Å². The van der Waals surface area contributed by atoms with E-state index in [2.05, 4.69) is 10.2 Å². The van der Waals surface area contributed by atoms with Crippen molar-refractivity contribution in [2.75, 3.05) is 7.05 Å². The number of amides is 1. The lowest BCUT2D eigenvalue weighted by Crippen LogP contribution is -2.30. The second-order valence-electron chi connectivity index (χ2n) is 7.66. The molecule has 0 aliphatic rings. The molecular formula is C20H26F2N6O2. The molecule has 0 aliphatic heterocycles. The number of fused-ring (bicyclic) bond motifs is 1. The molecule has 0 spiro atoms. The maximum absolute atomic E-state index is 13.6. The van der Waals surface area contributed by atoms with Crippen LogP contribution < -0.4 is 5.56 Å². The van der Waals surface area contributed by atoms with Crippen LogP contribution in [0.2, 0.25) is 0 Å². The van der Waals surface area contributed by atoms with Crippen LogP contribution >= 0.6 is 0 Å². The Kier molecular flexibility index (Phi) is 6.04. The number of aryl methyl sites for hydroxylation is 3. The normalized spacial score (nSPS) is 11.8. The van der Waals surface area contributed by atoms with Crippen molar-refractivity contribution in [3.8, 4) is 0 Å². The Hall–Kier alpha value is -3.04. The topological polar surface area (TPSA) is 78.0 Å². The molecule has 1 amide bonds. The number of nitrogens with zero attached hydrogens (tertiary/aromatic N) is 6. The fourth-order valence-electron chi connectivity index (χ4n) is 3.59. The fourth-order valence-corrected chi connectivity index (χ4v) is 3.59. The summed E-state index contributed by atoms with van der Waals surface area (Å²) in [6.07, 6.45) is -1.09. The summed E-state index contributed by atoms with van der Waals surface area (Å²) in [5, 5.41) is 8.77. The maximum atomic E-state index is 13.6. The molecule has 0 saturated heterocycles. The Morgan fingerprint density at radius 3 is 2.57 bits per heavy atom. The largest absolute Gasteiger partial charge is 0.340 e. The Morgan fingerprint density at radius 2 is 2.00 bits per heavy atom. The SMILES string of the molecule is Cc1c2c(C(F)F)cc(=O)n(CCC(=O)N(C)Cc3ccnn3C)c2nn1C(C)C. The van der Waals surface area contributed by atoms with Gasteiger partial charge in [0.15, 0.2) is 5.65 Å². The number of rotatable bonds is 7. The van der Waals surface area contributed by atoms with Gasteiger partial charge in [-0.2, -0.15) is 10.2 Å². The summed E-state index contributed by atoms with van der Waals surface area (Å²) in [6.45, 7) is 5.93. The second kappa shape index (κ2) is 8.37. The van der Waals surface area contributed by atoms with Gasteiger partial charge in [0.2, 0.25) is 5.91 Å². The summed E-state index contributed by atoms with van der Waals surface area (Å²) in [5.41, 5.74) is 0.719. The second-order valence-corrected chi connectivity index (χ2v) is 7.66. The van der Waals surface area contributed by atoms with Crippen LogP contribution in [0.5, 0.6) is 0 Å². The minimum atomic E-state index is -2.79. The average molecular weight is 420 g/mol. The van der Waals surface area contributed by atoms with Gasteiger partial charge < -0.3 is 4.90 Å². The van der Waals surface area contributed by atoms with Gasteiger partial charge in [0.05, 0.1) is 12.2 Å². The lowest BCUT2D eigenvalue weighted by molar-refractivity contribution is -0.130. The van der Waals surface area contributed by atoms with Gasteiger partial charge in [-0.05, 0) is 26.8 Å². The van der Waals surface area contributed by atoms with Crippen molar-refractivity contribution in [2.45, 2.75) is 52.7 Å². The molecule has 0 atom stereocenters. The molecule has 0 aromatic carbocycles. The predicted molar refractivity (Wildman–Crippen MR) is 108 cm³/mol. The molecule has 0 saturated carbocycles. The number of carbonyl (C=O) groups excluding carboxylic acids is 1. The third-order valence-electron chi connectivity index (χ3n) is 5.24. The number of pyridine rings is 1. The summed E-state index contributed by atoms with van der Waals surface area (Å²) in [6, 6.07) is 2.72. The Bertz CT molecular complexity index is 1130. The summed E-state index contributed by atoms with van der Waals surface area (Å²) in [5.74, 6) is -0.172. The molecule has 3 aromatic heterocycles. The minimum Gasteiger partial charge on any atom is -0.340 e. The zero-order valence-corrected chi connectivity index (χ0v) is 17.8. The van der Waals surface area contributed by atoms with Gasteiger partial charge in [0.25, 0.3) is 12.0 Å². The Balaban J connectivity index is 1.90. The molecule has 3 heterocycles. The first kappa shape index (κ1) is 21.7. The van der Waals surface area contributed by atoms with Crippen LogP contribution in [-0.2, 0) is 24.9 Å². The van der Waals surface area contributed by atoms with E-state index in [0.29, 0.717) is 12.2 Å². The number of hydrogen-bond acceptors (Lipinski definition) is 4. The molecule has 162 valence electrons. The van der Waals surface area contributed by atoms with E-state index in [9.17, 15) is 18.4 Å². The lowest BCUT2D eigenvalue weighted by Gasteiger charge is -2.18.